The number of hydrogen-bond donors (Lipinski definition) is 2. The molecule has 22 heavy (non-hydrogen) atoms. The van der Waals surface area contributed by atoms with Crippen LogP contribution in [0.2, 0.25) is 5.02 Å². The Morgan fingerprint density at radius 2 is 2.05 bits per heavy atom. The standard InChI is InChI=1S/C17H18ClFN2O/c1-11-4-3-5-13(8-11)10-20-17(22)21-12(2)14-6-7-16(19)15(18)9-14/h3-9,12H,10H2,1-2H3,(H2,20,21,22). The summed E-state index contributed by atoms with van der Waals surface area (Å²) in [6.07, 6.45) is 0. The van der Waals surface area contributed by atoms with Crippen LogP contribution in [0, 0.1) is 12.7 Å². The van der Waals surface area contributed by atoms with E-state index in [4.69, 9.17) is 11.6 Å². The maximum Gasteiger partial charge on any atom is 0.315 e. The van der Waals surface area contributed by atoms with Gasteiger partial charge < -0.3 is 10.6 Å². The molecule has 0 radical (unpaired) electrons. The van der Waals surface area contributed by atoms with E-state index < -0.39 is 5.82 Å². The van der Waals surface area contributed by atoms with Crippen molar-refractivity contribution in [2.45, 2.75) is 26.4 Å². The summed E-state index contributed by atoms with van der Waals surface area (Å²) in [4.78, 5) is 11.9. The van der Waals surface area contributed by atoms with Crippen LogP contribution < -0.4 is 10.6 Å². The average Bonchev–Trinajstić information content (AvgIpc) is 2.48. The number of halogens is 2. The van der Waals surface area contributed by atoms with E-state index in [2.05, 4.69) is 10.6 Å². The molecule has 2 N–H and O–H groups in total. The molecule has 3 nitrogen and oxygen atoms in total. The molecule has 5 heteroatoms. The number of hydrogen-bond acceptors (Lipinski definition) is 1. The maximum absolute atomic E-state index is 13.1. The summed E-state index contributed by atoms with van der Waals surface area (Å²) in [7, 11) is 0. The minimum absolute atomic E-state index is 0.0475. The second kappa shape index (κ2) is 7.27. The predicted octanol–water partition coefficient (Wildman–Crippen LogP) is 4.35. The first-order chi connectivity index (χ1) is 10.5. The Morgan fingerprint density at radius 3 is 2.73 bits per heavy atom. The van der Waals surface area contributed by atoms with Crippen molar-refractivity contribution in [2.75, 3.05) is 0 Å². The van der Waals surface area contributed by atoms with Crippen LogP contribution in [-0.2, 0) is 6.54 Å². The first kappa shape index (κ1) is 16.3. The summed E-state index contributed by atoms with van der Waals surface area (Å²) in [5, 5.41) is 5.64. The number of nitrogens with one attached hydrogen (secondary N) is 2. The van der Waals surface area contributed by atoms with Crippen LogP contribution in [-0.4, -0.2) is 6.03 Å². The molecule has 2 amide bonds. The normalized spacial score (nSPS) is 11.8. The Labute approximate surface area is 134 Å². The van der Waals surface area contributed by atoms with Crippen molar-refractivity contribution in [3.05, 3.63) is 70.0 Å². The predicted molar refractivity (Wildman–Crippen MR) is 86.4 cm³/mol. The third kappa shape index (κ3) is 4.46. The lowest BCUT2D eigenvalue weighted by atomic mass is 10.1. The topological polar surface area (TPSA) is 41.1 Å². The first-order valence-corrected chi connectivity index (χ1v) is 7.38. The summed E-state index contributed by atoms with van der Waals surface area (Å²) < 4.78 is 13.1. The smallest absolute Gasteiger partial charge is 0.315 e. The van der Waals surface area contributed by atoms with E-state index >= 15 is 0 Å². The average molecular weight is 321 g/mol. The molecule has 0 saturated heterocycles. The summed E-state index contributed by atoms with van der Waals surface area (Å²) in [5.74, 6) is -0.471. The quantitative estimate of drug-likeness (QED) is 0.864. The van der Waals surface area contributed by atoms with E-state index in [1.54, 1.807) is 6.07 Å². The Morgan fingerprint density at radius 1 is 1.27 bits per heavy atom. The van der Waals surface area contributed by atoms with Crippen molar-refractivity contribution in [1.82, 2.24) is 10.6 Å². The van der Waals surface area contributed by atoms with Crippen LogP contribution in [0.3, 0.4) is 0 Å². The fourth-order valence-corrected chi connectivity index (χ4v) is 2.31. The molecule has 0 aliphatic rings. The fraction of sp³-hybridized carbons (Fsp3) is 0.235. The Bertz CT molecular complexity index is 675. The molecule has 2 aromatic rings. The van der Waals surface area contributed by atoms with Gasteiger partial charge in [-0.05, 0) is 37.1 Å². The zero-order valence-corrected chi connectivity index (χ0v) is 13.2. The van der Waals surface area contributed by atoms with Gasteiger partial charge in [-0.2, -0.15) is 0 Å². The van der Waals surface area contributed by atoms with E-state index in [0.29, 0.717) is 6.54 Å². The molecule has 0 aromatic heterocycles. The van der Waals surface area contributed by atoms with Crippen LogP contribution in [0.4, 0.5) is 9.18 Å². The second-order valence-electron chi connectivity index (χ2n) is 5.21. The molecule has 116 valence electrons. The molecular formula is C17H18ClFN2O. The zero-order chi connectivity index (χ0) is 16.1. The van der Waals surface area contributed by atoms with Crippen LogP contribution in [0.25, 0.3) is 0 Å². The van der Waals surface area contributed by atoms with E-state index in [-0.39, 0.29) is 17.1 Å². The third-order valence-electron chi connectivity index (χ3n) is 3.33. The van der Waals surface area contributed by atoms with Gasteiger partial charge in [-0.25, -0.2) is 9.18 Å². The molecule has 2 aromatic carbocycles. The van der Waals surface area contributed by atoms with Gasteiger partial charge in [-0.1, -0.05) is 47.5 Å². The van der Waals surface area contributed by atoms with E-state index in [9.17, 15) is 9.18 Å². The molecule has 0 bridgehead atoms. The lowest BCUT2D eigenvalue weighted by molar-refractivity contribution is 0.237. The van der Waals surface area contributed by atoms with Gasteiger partial charge >= 0.3 is 6.03 Å². The van der Waals surface area contributed by atoms with Gasteiger partial charge in [0.05, 0.1) is 11.1 Å². The highest BCUT2D eigenvalue weighted by molar-refractivity contribution is 6.30. The van der Waals surface area contributed by atoms with Crippen molar-refractivity contribution in [3.63, 3.8) is 0 Å². The van der Waals surface area contributed by atoms with Crippen molar-refractivity contribution in [3.8, 4) is 0 Å². The van der Waals surface area contributed by atoms with E-state index in [1.165, 1.54) is 12.1 Å². The molecular weight excluding hydrogens is 303 g/mol. The summed E-state index contributed by atoms with van der Waals surface area (Å²) >= 11 is 5.75. The molecule has 0 aliphatic carbocycles. The third-order valence-corrected chi connectivity index (χ3v) is 3.62. The fourth-order valence-electron chi connectivity index (χ4n) is 2.12. The number of aryl methyl sites for hydroxylation is 1. The molecule has 0 saturated carbocycles. The van der Waals surface area contributed by atoms with Crippen molar-refractivity contribution in [2.24, 2.45) is 0 Å². The molecule has 2 rings (SSSR count). The van der Waals surface area contributed by atoms with Crippen molar-refractivity contribution in [1.29, 1.82) is 0 Å². The van der Waals surface area contributed by atoms with Gasteiger partial charge in [0.25, 0.3) is 0 Å². The molecule has 0 spiro atoms. The molecule has 1 unspecified atom stereocenters. The largest absolute Gasteiger partial charge is 0.334 e. The van der Waals surface area contributed by atoms with Crippen molar-refractivity contribution < 1.29 is 9.18 Å². The van der Waals surface area contributed by atoms with E-state index in [1.807, 2.05) is 38.1 Å². The van der Waals surface area contributed by atoms with Crippen LogP contribution in [0.5, 0.6) is 0 Å². The highest BCUT2D eigenvalue weighted by atomic mass is 35.5. The van der Waals surface area contributed by atoms with Crippen LogP contribution in [0.15, 0.2) is 42.5 Å². The van der Waals surface area contributed by atoms with Crippen molar-refractivity contribution >= 4 is 17.6 Å². The molecule has 0 heterocycles. The maximum atomic E-state index is 13.1. The van der Waals surface area contributed by atoms with Gasteiger partial charge in [-0.3, -0.25) is 0 Å². The molecule has 0 aliphatic heterocycles. The monoisotopic (exact) mass is 320 g/mol. The molecule has 0 fully saturated rings. The lowest BCUT2D eigenvalue weighted by Gasteiger charge is -2.15. The highest BCUT2D eigenvalue weighted by Crippen LogP contribution is 2.20. The number of carbonyl (C=O) groups excluding carboxylic acids is 1. The summed E-state index contributed by atoms with van der Waals surface area (Å²) in [5.41, 5.74) is 2.93. The zero-order valence-electron chi connectivity index (χ0n) is 12.5. The van der Waals surface area contributed by atoms with Crippen LogP contribution in [0.1, 0.15) is 29.7 Å². The van der Waals surface area contributed by atoms with E-state index in [0.717, 1.165) is 16.7 Å². The minimum Gasteiger partial charge on any atom is -0.334 e. The number of rotatable bonds is 4. The van der Waals surface area contributed by atoms with Gasteiger partial charge in [0, 0.05) is 6.54 Å². The number of urea groups is 1. The lowest BCUT2D eigenvalue weighted by Crippen LogP contribution is -2.36. The van der Waals surface area contributed by atoms with Gasteiger partial charge in [0.2, 0.25) is 0 Å². The molecule has 1 atom stereocenters. The number of carbonyl (C=O) groups is 1. The summed E-state index contributed by atoms with van der Waals surface area (Å²) in [6, 6.07) is 11.8. The highest BCUT2D eigenvalue weighted by Gasteiger charge is 2.11. The Hall–Kier alpha value is -2.07. The number of benzene rings is 2. The Kier molecular flexibility index (Phi) is 5.39. The van der Waals surface area contributed by atoms with Gasteiger partial charge in [-0.15, -0.1) is 0 Å². The SMILES string of the molecule is Cc1cccc(CNC(=O)NC(C)c2ccc(F)c(Cl)c2)c1. The minimum atomic E-state index is -0.471. The first-order valence-electron chi connectivity index (χ1n) is 7.00. The van der Waals surface area contributed by atoms with Gasteiger partial charge in [0.15, 0.2) is 0 Å². The van der Waals surface area contributed by atoms with Gasteiger partial charge in [0.1, 0.15) is 5.82 Å². The van der Waals surface area contributed by atoms with Crippen LogP contribution >= 0.6 is 11.6 Å². The Balaban J connectivity index is 1.89. The summed E-state index contributed by atoms with van der Waals surface area (Å²) in [6.45, 7) is 4.27. The second-order valence-corrected chi connectivity index (χ2v) is 5.62. The number of amides is 2.